The van der Waals surface area contributed by atoms with Crippen LogP contribution in [0.15, 0.2) is 36.7 Å². The molecule has 0 aliphatic rings. The predicted molar refractivity (Wildman–Crippen MR) is 77.8 cm³/mol. The van der Waals surface area contributed by atoms with E-state index in [2.05, 4.69) is 9.97 Å². The van der Waals surface area contributed by atoms with Gasteiger partial charge in [-0.05, 0) is 30.4 Å². The number of hydrogen-bond acceptors (Lipinski definition) is 3. The van der Waals surface area contributed by atoms with Crippen LogP contribution in [0.25, 0.3) is 16.7 Å². The Morgan fingerprint density at radius 2 is 2.21 bits per heavy atom. The number of aromatic amines is 1. The number of methoxy groups -OCH3 is 1. The number of benzene rings is 1. The van der Waals surface area contributed by atoms with E-state index in [0.717, 1.165) is 16.7 Å². The number of fused-ring (bicyclic) bond motifs is 1. The number of hydrogen-bond donors (Lipinski definition) is 1. The summed E-state index contributed by atoms with van der Waals surface area (Å²) in [5.74, 6) is 0.615. The minimum atomic E-state index is 0.569. The molecule has 0 bridgehead atoms. The molecule has 0 amide bonds. The van der Waals surface area contributed by atoms with Crippen molar-refractivity contribution in [3.63, 3.8) is 0 Å². The lowest BCUT2D eigenvalue weighted by atomic mass is 10.3. The molecule has 1 N–H and O–H groups in total. The maximum absolute atomic E-state index is 6.04. The van der Waals surface area contributed by atoms with Crippen LogP contribution in [-0.2, 0) is 0 Å². The molecule has 0 aliphatic carbocycles. The van der Waals surface area contributed by atoms with Gasteiger partial charge in [0.1, 0.15) is 5.75 Å². The van der Waals surface area contributed by atoms with Crippen molar-refractivity contribution >= 4 is 34.9 Å². The largest absolute Gasteiger partial charge is 0.495 e. The van der Waals surface area contributed by atoms with Crippen LogP contribution < -0.4 is 4.74 Å². The van der Waals surface area contributed by atoms with Crippen LogP contribution in [0.3, 0.4) is 0 Å². The van der Waals surface area contributed by atoms with E-state index in [0.29, 0.717) is 15.5 Å². The van der Waals surface area contributed by atoms with E-state index in [1.54, 1.807) is 25.6 Å². The average molecular weight is 292 g/mol. The zero-order valence-electron chi connectivity index (χ0n) is 10.1. The number of aromatic nitrogens is 3. The standard InChI is InChI=1S/C13H10ClN3OS/c1-18-12-6-8(2-3-9(12)14)17-11-4-5-15-7-10(11)16-13(17)19/h2-7H,1H3,(H,16,19). The first-order chi connectivity index (χ1) is 9.20. The van der Waals surface area contributed by atoms with Crippen molar-refractivity contribution in [2.45, 2.75) is 0 Å². The zero-order valence-corrected chi connectivity index (χ0v) is 11.6. The molecule has 3 aromatic rings. The van der Waals surface area contributed by atoms with Gasteiger partial charge in [-0.15, -0.1) is 0 Å². The van der Waals surface area contributed by atoms with E-state index >= 15 is 0 Å². The Kier molecular flexibility index (Phi) is 3.00. The van der Waals surface area contributed by atoms with Gasteiger partial charge in [-0.1, -0.05) is 11.6 Å². The molecule has 0 saturated heterocycles. The summed E-state index contributed by atoms with van der Waals surface area (Å²) in [5, 5.41) is 0.569. The van der Waals surface area contributed by atoms with Gasteiger partial charge in [0.2, 0.25) is 0 Å². The molecule has 0 saturated carbocycles. The van der Waals surface area contributed by atoms with Crippen LogP contribution in [0.1, 0.15) is 0 Å². The molecule has 0 spiro atoms. The topological polar surface area (TPSA) is 42.8 Å². The molecular formula is C13H10ClN3OS. The third-order valence-electron chi connectivity index (χ3n) is 2.88. The molecule has 1 aromatic carbocycles. The molecule has 6 heteroatoms. The summed E-state index contributed by atoms with van der Waals surface area (Å²) in [6.45, 7) is 0. The molecular weight excluding hydrogens is 282 g/mol. The highest BCUT2D eigenvalue weighted by Gasteiger charge is 2.08. The van der Waals surface area contributed by atoms with E-state index in [1.165, 1.54) is 0 Å². The van der Waals surface area contributed by atoms with Crippen LogP contribution in [-0.4, -0.2) is 21.6 Å². The number of rotatable bonds is 2. The van der Waals surface area contributed by atoms with Gasteiger partial charge in [0.15, 0.2) is 4.77 Å². The Labute approximate surface area is 119 Å². The first-order valence-electron chi connectivity index (χ1n) is 5.59. The van der Waals surface area contributed by atoms with Crippen LogP contribution in [0.2, 0.25) is 5.02 Å². The minimum absolute atomic E-state index is 0.569. The van der Waals surface area contributed by atoms with Gasteiger partial charge in [-0.2, -0.15) is 0 Å². The van der Waals surface area contributed by atoms with Crippen molar-refractivity contribution in [2.75, 3.05) is 7.11 Å². The Morgan fingerprint density at radius 3 is 3.00 bits per heavy atom. The minimum Gasteiger partial charge on any atom is -0.495 e. The number of nitrogens with zero attached hydrogens (tertiary/aromatic N) is 2. The Bertz CT molecular complexity index is 809. The summed E-state index contributed by atoms with van der Waals surface area (Å²) in [5.41, 5.74) is 2.74. The highest BCUT2D eigenvalue weighted by Crippen LogP contribution is 2.28. The fraction of sp³-hybridized carbons (Fsp3) is 0.0769. The number of pyridine rings is 1. The molecule has 0 aliphatic heterocycles. The maximum Gasteiger partial charge on any atom is 0.182 e. The zero-order chi connectivity index (χ0) is 13.4. The van der Waals surface area contributed by atoms with Crippen LogP contribution in [0.5, 0.6) is 5.75 Å². The van der Waals surface area contributed by atoms with E-state index < -0.39 is 0 Å². The van der Waals surface area contributed by atoms with Gasteiger partial charge >= 0.3 is 0 Å². The summed E-state index contributed by atoms with van der Waals surface area (Å²) in [4.78, 5) is 7.19. The molecule has 0 radical (unpaired) electrons. The van der Waals surface area contributed by atoms with Crippen molar-refractivity contribution in [1.82, 2.24) is 14.5 Å². The molecule has 3 rings (SSSR count). The number of H-pyrrole nitrogens is 1. The van der Waals surface area contributed by atoms with Crippen LogP contribution in [0.4, 0.5) is 0 Å². The number of halogens is 1. The fourth-order valence-electron chi connectivity index (χ4n) is 2.00. The van der Waals surface area contributed by atoms with Gasteiger partial charge in [0.05, 0.1) is 35.1 Å². The number of imidazole rings is 1. The van der Waals surface area contributed by atoms with E-state index in [1.807, 2.05) is 22.8 Å². The smallest absolute Gasteiger partial charge is 0.182 e. The molecule has 2 heterocycles. The lowest BCUT2D eigenvalue weighted by Gasteiger charge is -2.08. The highest BCUT2D eigenvalue weighted by atomic mass is 35.5. The summed E-state index contributed by atoms with van der Waals surface area (Å²) >= 11 is 11.4. The lowest BCUT2D eigenvalue weighted by Crippen LogP contribution is -1.95. The van der Waals surface area contributed by atoms with E-state index in [9.17, 15) is 0 Å². The summed E-state index contributed by atoms with van der Waals surface area (Å²) in [7, 11) is 1.59. The molecule has 0 atom stereocenters. The molecule has 4 nitrogen and oxygen atoms in total. The SMILES string of the molecule is COc1cc(-n2c(=S)[nH]c3cnccc32)ccc1Cl. The van der Waals surface area contributed by atoms with Crippen molar-refractivity contribution in [3.8, 4) is 11.4 Å². The van der Waals surface area contributed by atoms with Crippen molar-refractivity contribution in [1.29, 1.82) is 0 Å². The maximum atomic E-state index is 6.04. The highest BCUT2D eigenvalue weighted by molar-refractivity contribution is 7.71. The molecule has 2 aromatic heterocycles. The first kappa shape index (κ1) is 12.2. The second-order valence-electron chi connectivity index (χ2n) is 3.98. The summed E-state index contributed by atoms with van der Waals surface area (Å²) < 4.78 is 7.76. The summed E-state index contributed by atoms with van der Waals surface area (Å²) in [6, 6.07) is 7.44. The lowest BCUT2D eigenvalue weighted by molar-refractivity contribution is 0.415. The molecule has 0 unspecified atom stereocenters. The molecule has 96 valence electrons. The van der Waals surface area contributed by atoms with E-state index in [-0.39, 0.29) is 0 Å². The molecule has 19 heavy (non-hydrogen) atoms. The van der Waals surface area contributed by atoms with Gasteiger partial charge in [0.25, 0.3) is 0 Å². The fourth-order valence-corrected chi connectivity index (χ4v) is 2.51. The Morgan fingerprint density at radius 1 is 1.37 bits per heavy atom. The van der Waals surface area contributed by atoms with Crippen molar-refractivity contribution in [2.24, 2.45) is 0 Å². The normalized spacial score (nSPS) is 10.8. The number of nitrogens with one attached hydrogen (secondary N) is 1. The van der Waals surface area contributed by atoms with Gasteiger partial charge in [0, 0.05) is 12.3 Å². The first-order valence-corrected chi connectivity index (χ1v) is 6.38. The quantitative estimate of drug-likeness (QED) is 0.731. The second kappa shape index (κ2) is 4.68. The van der Waals surface area contributed by atoms with Gasteiger partial charge in [-0.3, -0.25) is 9.55 Å². The molecule has 0 fully saturated rings. The number of ether oxygens (including phenoxy) is 1. The van der Waals surface area contributed by atoms with E-state index in [4.69, 9.17) is 28.6 Å². The van der Waals surface area contributed by atoms with Gasteiger partial charge in [-0.25, -0.2) is 0 Å². The van der Waals surface area contributed by atoms with Gasteiger partial charge < -0.3 is 9.72 Å². The van der Waals surface area contributed by atoms with Crippen LogP contribution >= 0.6 is 23.8 Å². The average Bonchev–Trinajstić information content (AvgIpc) is 2.75. The monoisotopic (exact) mass is 291 g/mol. The summed E-state index contributed by atoms with van der Waals surface area (Å²) in [6.07, 6.45) is 3.48. The van der Waals surface area contributed by atoms with Crippen molar-refractivity contribution in [3.05, 3.63) is 46.5 Å². The van der Waals surface area contributed by atoms with Crippen molar-refractivity contribution < 1.29 is 4.74 Å². The Balaban J connectivity index is 2.30. The Hall–Kier alpha value is -1.85. The third-order valence-corrected chi connectivity index (χ3v) is 3.47. The van der Waals surface area contributed by atoms with Crippen LogP contribution in [0, 0.1) is 4.77 Å². The third kappa shape index (κ3) is 2.01. The second-order valence-corrected chi connectivity index (χ2v) is 4.77. The predicted octanol–water partition coefficient (Wildman–Crippen LogP) is 3.75.